The third kappa shape index (κ3) is 2.94. The molecule has 90 valence electrons. The molecule has 1 saturated carbocycles. The summed E-state index contributed by atoms with van der Waals surface area (Å²) in [6.07, 6.45) is 3.26. The molecule has 0 radical (unpaired) electrons. The van der Waals surface area contributed by atoms with Gasteiger partial charge in [0.25, 0.3) is 0 Å². The summed E-state index contributed by atoms with van der Waals surface area (Å²) in [5.74, 6) is 1.48. The SMILES string of the molecule is CCc1nsc(SC(CO)C(N)C2CC2)n1. The lowest BCUT2D eigenvalue weighted by Gasteiger charge is -2.19. The van der Waals surface area contributed by atoms with Crippen LogP contribution in [0.25, 0.3) is 0 Å². The lowest BCUT2D eigenvalue weighted by molar-refractivity contribution is 0.277. The van der Waals surface area contributed by atoms with Crippen LogP contribution in [0.2, 0.25) is 0 Å². The summed E-state index contributed by atoms with van der Waals surface area (Å²) < 4.78 is 5.15. The van der Waals surface area contributed by atoms with Gasteiger partial charge < -0.3 is 10.8 Å². The van der Waals surface area contributed by atoms with E-state index in [-0.39, 0.29) is 17.9 Å². The van der Waals surface area contributed by atoms with E-state index in [0.29, 0.717) is 5.92 Å². The molecule has 3 N–H and O–H groups in total. The second-order valence-corrected chi connectivity index (χ2v) is 6.32. The van der Waals surface area contributed by atoms with Crippen LogP contribution in [-0.4, -0.2) is 32.4 Å². The molecule has 16 heavy (non-hydrogen) atoms. The zero-order valence-electron chi connectivity index (χ0n) is 9.30. The Bertz CT molecular complexity index is 341. The second-order valence-electron chi connectivity index (χ2n) is 4.08. The average molecular weight is 259 g/mol. The van der Waals surface area contributed by atoms with Crippen molar-refractivity contribution in [2.45, 2.75) is 41.8 Å². The first-order valence-corrected chi connectivity index (χ1v) is 7.25. The normalized spacial score (nSPS) is 19.7. The van der Waals surface area contributed by atoms with Crippen molar-refractivity contribution in [1.29, 1.82) is 0 Å². The van der Waals surface area contributed by atoms with Gasteiger partial charge in [-0.3, -0.25) is 0 Å². The van der Waals surface area contributed by atoms with Crippen molar-refractivity contribution in [3.8, 4) is 0 Å². The predicted molar refractivity (Wildman–Crippen MR) is 66.7 cm³/mol. The molecule has 0 spiro atoms. The van der Waals surface area contributed by atoms with Gasteiger partial charge in [0.05, 0.1) is 11.9 Å². The molecular formula is C10H17N3OS2. The van der Waals surface area contributed by atoms with Crippen LogP contribution < -0.4 is 5.73 Å². The Morgan fingerprint density at radius 1 is 1.62 bits per heavy atom. The van der Waals surface area contributed by atoms with Crippen molar-refractivity contribution in [1.82, 2.24) is 9.36 Å². The molecule has 0 saturated heterocycles. The van der Waals surface area contributed by atoms with Gasteiger partial charge in [-0.1, -0.05) is 18.7 Å². The first-order valence-electron chi connectivity index (χ1n) is 5.60. The Morgan fingerprint density at radius 3 is 2.88 bits per heavy atom. The quantitative estimate of drug-likeness (QED) is 0.753. The minimum atomic E-state index is 0.0603. The smallest absolute Gasteiger partial charge is 0.170 e. The molecule has 1 fully saturated rings. The summed E-state index contributed by atoms with van der Waals surface area (Å²) in [7, 11) is 0. The molecule has 2 atom stereocenters. The third-order valence-corrected chi connectivity index (χ3v) is 4.91. The number of nitrogens with two attached hydrogens (primary N) is 1. The van der Waals surface area contributed by atoms with Gasteiger partial charge in [-0.25, -0.2) is 4.98 Å². The van der Waals surface area contributed by atoms with Crippen molar-refractivity contribution < 1.29 is 5.11 Å². The van der Waals surface area contributed by atoms with Crippen LogP contribution >= 0.6 is 23.3 Å². The van der Waals surface area contributed by atoms with Gasteiger partial charge in [0.1, 0.15) is 5.82 Å². The van der Waals surface area contributed by atoms with Crippen LogP contribution in [-0.2, 0) is 6.42 Å². The van der Waals surface area contributed by atoms with Crippen LogP contribution in [0.3, 0.4) is 0 Å². The maximum absolute atomic E-state index is 9.35. The number of hydrogen-bond acceptors (Lipinski definition) is 6. The number of nitrogens with zero attached hydrogens (tertiary/aromatic N) is 2. The standard InChI is InChI=1S/C10H17N3OS2/c1-2-8-12-10(16-13-8)15-7(5-14)9(11)6-3-4-6/h6-7,9,14H,2-5,11H2,1H3. The Labute approximate surface area is 104 Å². The fraction of sp³-hybridized carbons (Fsp3) is 0.800. The van der Waals surface area contributed by atoms with Gasteiger partial charge in [0.15, 0.2) is 4.34 Å². The van der Waals surface area contributed by atoms with Gasteiger partial charge in [-0.2, -0.15) is 4.37 Å². The zero-order chi connectivity index (χ0) is 11.5. The summed E-state index contributed by atoms with van der Waals surface area (Å²) in [5.41, 5.74) is 6.10. The third-order valence-electron chi connectivity index (χ3n) is 2.79. The van der Waals surface area contributed by atoms with Crippen LogP contribution in [0.1, 0.15) is 25.6 Å². The van der Waals surface area contributed by atoms with E-state index in [2.05, 4.69) is 9.36 Å². The lowest BCUT2D eigenvalue weighted by atomic mass is 10.1. The van der Waals surface area contributed by atoms with E-state index in [4.69, 9.17) is 5.73 Å². The number of aliphatic hydroxyl groups is 1. The molecule has 2 unspecified atom stereocenters. The summed E-state index contributed by atoms with van der Waals surface area (Å²) in [6, 6.07) is 0.0870. The Kier molecular flexibility index (Phi) is 4.18. The molecule has 0 amide bonds. The Hall–Kier alpha value is -0.170. The molecule has 1 aliphatic carbocycles. The van der Waals surface area contributed by atoms with Crippen LogP contribution in [0.15, 0.2) is 4.34 Å². The van der Waals surface area contributed by atoms with E-state index in [1.165, 1.54) is 24.4 Å². The molecular weight excluding hydrogens is 242 g/mol. The highest BCUT2D eigenvalue weighted by Crippen LogP contribution is 2.37. The molecule has 1 aliphatic rings. The van der Waals surface area contributed by atoms with E-state index in [9.17, 15) is 5.11 Å². The van der Waals surface area contributed by atoms with Gasteiger partial charge in [0, 0.05) is 12.5 Å². The van der Waals surface area contributed by atoms with E-state index >= 15 is 0 Å². The van der Waals surface area contributed by atoms with Crippen LogP contribution in [0.5, 0.6) is 0 Å². The molecule has 1 aromatic rings. The highest BCUT2D eigenvalue weighted by atomic mass is 32.2. The van der Waals surface area contributed by atoms with Gasteiger partial charge in [0.2, 0.25) is 0 Å². The van der Waals surface area contributed by atoms with Crippen LogP contribution in [0.4, 0.5) is 0 Å². The molecule has 1 heterocycles. The van der Waals surface area contributed by atoms with Crippen molar-refractivity contribution >= 4 is 23.3 Å². The van der Waals surface area contributed by atoms with E-state index in [0.717, 1.165) is 16.6 Å². The average Bonchev–Trinajstić information content (AvgIpc) is 3.05. The maximum atomic E-state index is 9.35. The minimum absolute atomic E-state index is 0.0603. The van der Waals surface area contributed by atoms with Gasteiger partial charge in [-0.05, 0) is 30.3 Å². The molecule has 4 nitrogen and oxygen atoms in total. The fourth-order valence-corrected chi connectivity index (χ4v) is 3.61. The van der Waals surface area contributed by atoms with E-state index in [1.54, 1.807) is 11.8 Å². The molecule has 6 heteroatoms. The fourth-order valence-electron chi connectivity index (χ4n) is 1.58. The second kappa shape index (κ2) is 5.44. The first-order chi connectivity index (χ1) is 7.74. The number of thioether (sulfide) groups is 1. The minimum Gasteiger partial charge on any atom is -0.395 e. The summed E-state index contributed by atoms with van der Waals surface area (Å²) in [5, 5.41) is 9.41. The summed E-state index contributed by atoms with van der Waals surface area (Å²) in [6.45, 7) is 2.15. The maximum Gasteiger partial charge on any atom is 0.170 e. The molecule has 0 aliphatic heterocycles. The lowest BCUT2D eigenvalue weighted by Crippen LogP contribution is -2.36. The highest BCUT2D eigenvalue weighted by Gasteiger charge is 2.34. The number of aryl methyl sites for hydroxylation is 1. The predicted octanol–water partition coefficient (Wildman–Crippen LogP) is 1.29. The number of aliphatic hydroxyl groups excluding tert-OH is 1. The topological polar surface area (TPSA) is 72.0 Å². The number of hydrogen-bond donors (Lipinski definition) is 2. The first kappa shape index (κ1) is 12.3. The Balaban J connectivity index is 1.94. The monoisotopic (exact) mass is 259 g/mol. The molecule has 2 rings (SSSR count). The number of aromatic nitrogens is 2. The number of rotatable bonds is 6. The van der Waals surface area contributed by atoms with Crippen molar-refractivity contribution in [2.75, 3.05) is 6.61 Å². The van der Waals surface area contributed by atoms with Gasteiger partial charge >= 0.3 is 0 Å². The molecule has 0 aromatic carbocycles. The van der Waals surface area contributed by atoms with E-state index < -0.39 is 0 Å². The van der Waals surface area contributed by atoms with Crippen molar-refractivity contribution in [3.05, 3.63) is 5.82 Å². The molecule has 1 aromatic heterocycles. The van der Waals surface area contributed by atoms with Crippen molar-refractivity contribution in [3.63, 3.8) is 0 Å². The molecule has 0 bridgehead atoms. The van der Waals surface area contributed by atoms with Crippen LogP contribution in [0, 0.1) is 5.92 Å². The van der Waals surface area contributed by atoms with Gasteiger partial charge in [-0.15, -0.1) is 0 Å². The Morgan fingerprint density at radius 2 is 2.38 bits per heavy atom. The highest BCUT2D eigenvalue weighted by molar-refractivity contribution is 8.01. The van der Waals surface area contributed by atoms with Crippen molar-refractivity contribution in [2.24, 2.45) is 11.7 Å². The van der Waals surface area contributed by atoms with E-state index in [1.807, 2.05) is 6.92 Å². The summed E-state index contributed by atoms with van der Waals surface area (Å²) in [4.78, 5) is 4.38. The largest absolute Gasteiger partial charge is 0.395 e. The summed E-state index contributed by atoms with van der Waals surface area (Å²) >= 11 is 2.97. The zero-order valence-corrected chi connectivity index (χ0v) is 10.9.